The third-order valence-corrected chi connectivity index (χ3v) is 8.91. The van der Waals surface area contributed by atoms with Crippen LogP contribution in [0.1, 0.15) is 61.7 Å². The van der Waals surface area contributed by atoms with Gasteiger partial charge in [0, 0.05) is 16.3 Å². The van der Waals surface area contributed by atoms with E-state index in [1.165, 1.54) is 29.3 Å². The van der Waals surface area contributed by atoms with Crippen molar-refractivity contribution in [2.24, 2.45) is 4.99 Å². The Labute approximate surface area is 219 Å². The molecule has 1 fully saturated rings. The van der Waals surface area contributed by atoms with E-state index in [-0.39, 0.29) is 11.9 Å². The quantitative estimate of drug-likeness (QED) is 0.323. The van der Waals surface area contributed by atoms with Gasteiger partial charge < -0.3 is 14.6 Å². The van der Waals surface area contributed by atoms with Gasteiger partial charge in [0.2, 0.25) is 0 Å². The van der Waals surface area contributed by atoms with Crippen LogP contribution in [0, 0.1) is 27.7 Å². The van der Waals surface area contributed by atoms with E-state index in [2.05, 4.69) is 27.0 Å². The smallest absolute Gasteiger partial charge is 0.341 e. The number of benzene rings is 1. The number of aliphatic imine (C=N–C) groups is 1. The molecule has 2 aromatic heterocycles. The predicted molar refractivity (Wildman–Crippen MR) is 148 cm³/mol. The van der Waals surface area contributed by atoms with Crippen LogP contribution in [0.5, 0.6) is 0 Å². The number of ether oxygens (including phenoxy) is 1. The van der Waals surface area contributed by atoms with Crippen LogP contribution >= 0.6 is 23.1 Å². The summed E-state index contributed by atoms with van der Waals surface area (Å²) >= 11 is 3.03. The molecule has 3 heterocycles. The third kappa shape index (κ3) is 4.44. The SMILES string of the molecule is COC(=O)c1c(-n2c(C)cc(/C=C3\SC(=Nc4ccc(C)cc4C)NC3=O)c2C)sc2c1CCCC2. The van der Waals surface area contributed by atoms with Crippen LogP contribution in [0.4, 0.5) is 5.69 Å². The number of esters is 1. The summed E-state index contributed by atoms with van der Waals surface area (Å²) in [4.78, 5) is 32.1. The largest absolute Gasteiger partial charge is 0.465 e. The van der Waals surface area contributed by atoms with Crippen LogP contribution in [0.25, 0.3) is 11.1 Å². The summed E-state index contributed by atoms with van der Waals surface area (Å²) in [5.41, 5.74) is 7.86. The van der Waals surface area contributed by atoms with Crippen molar-refractivity contribution in [3.63, 3.8) is 0 Å². The number of amides is 1. The van der Waals surface area contributed by atoms with Gasteiger partial charge in [-0.25, -0.2) is 9.79 Å². The second-order valence-electron chi connectivity index (χ2n) is 9.32. The van der Waals surface area contributed by atoms with E-state index in [1.54, 1.807) is 11.3 Å². The van der Waals surface area contributed by atoms with Crippen LogP contribution in [0.2, 0.25) is 0 Å². The molecule has 0 bridgehead atoms. The number of aryl methyl sites for hydroxylation is 4. The molecule has 3 aromatic rings. The van der Waals surface area contributed by atoms with Gasteiger partial charge in [0.05, 0.1) is 23.3 Å². The van der Waals surface area contributed by atoms with Crippen LogP contribution in [0.3, 0.4) is 0 Å². The number of fused-ring (bicyclic) bond motifs is 1. The standard InChI is InChI=1S/C28H29N3O3S2/c1-15-10-11-21(16(2)12-15)29-28-30-25(32)23(36-28)14-19-13-17(3)31(18(19)4)26-24(27(33)34-5)20-8-6-7-9-22(20)35-26/h10-14H,6-9H2,1-5H3,(H,29,30,32)/b23-14-. The third-order valence-electron chi connectivity index (χ3n) is 6.73. The number of hydrogen-bond acceptors (Lipinski definition) is 6. The van der Waals surface area contributed by atoms with Crippen molar-refractivity contribution in [1.82, 2.24) is 9.88 Å². The van der Waals surface area contributed by atoms with Gasteiger partial charge in [-0.05, 0) is 100 Å². The molecule has 1 aromatic carbocycles. The second-order valence-corrected chi connectivity index (χ2v) is 11.4. The van der Waals surface area contributed by atoms with Gasteiger partial charge in [-0.2, -0.15) is 0 Å². The fourth-order valence-corrected chi connectivity index (χ4v) is 7.24. The number of amidine groups is 1. The molecule has 1 amide bonds. The lowest BCUT2D eigenvalue weighted by molar-refractivity contribution is -0.115. The molecule has 6 nitrogen and oxygen atoms in total. The first-order valence-corrected chi connectivity index (χ1v) is 13.7. The molecule has 1 N–H and O–H groups in total. The van der Waals surface area contributed by atoms with E-state index < -0.39 is 0 Å². The number of nitrogens with zero attached hydrogens (tertiary/aromatic N) is 2. The monoisotopic (exact) mass is 519 g/mol. The lowest BCUT2D eigenvalue weighted by atomic mass is 9.95. The summed E-state index contributed by atoms with van der Waals surface area (Å²) < 4.78 is 7.31. The molecule has 8 heteroatoms. The number of nitrogens with one attached hydrogen (secondary N) is 1. The van der Waals surface area contributed by atoms with Crippen LogP contribution in [-0.4, -0.2) is 28.7 Å². The Morgan fingerprint density at radius 1 is 1.14 bits per heavy atom. The minimum absolute atomic E-state index is 0.157. The lowest BCUT2D eigenvalue weighted by Crippen LogP contribution is -2.19. The van der Waals surface area contributed by atoms with E-state index in [9.17, 15) is 9.59 Å². The number of rotatable bonds is 4. The fraction of sp³-hybridized carbons (Fsp3) is 0.321. The highest BCUT2D eigenvalue weighted by molar-refractivity contribution is 8.18. The minimum Gasteiger partial charge on any atom is -0.465 e. The number of carbonyl (C=O) groups is 2. The van der Waals surface area contributed by atoms with E-state index in [0.29, 0.717) is 15.6 Å². The Morgan fingerprint density at radius 3 is 2.67 bits per heavy atom. The molecule has 186 valence electrons. The number of thiophene rings is 1. The molecule has 0 radical (unpaired) electrons. The summed E-state index contributed by atoms with van der Waals surface area (Å²) in [6.07, 6.45) is 6.06. The zero-order chi connectivity index (χ0) is 25.6. The molecule has 36 heavy (non-hydrogen) atoms. The molecule has 1 saturated heterocycles. The summed E-state index contributed by atoms with van der Waals surface area (Å²) in [5.74, 6) is -0.440. The first-order chi connectivity index (χ1) is 17.3. The Hall–Kier alpha value is -3.10. The maximum absolute atomic E-state index is 12.8. The van der Waals surface area contributed by atoms with E-state index >= 15 is 0 Å². The molecule has 5 rings (SSSR count). The van der Waals surface area contributed by atoms with E-state index in [4.69, 9.17) is 4.74 Å². The fourth-order valence-electron chi connectivity index (χ4n) is 4.93. The van der Waals surface area contributed by atoms with Gasteiger partial charge in [-0.3, -0.25) is 4.79 Å². The molecule has 2 aliphatic rings. The number of aromatic nitrogens is 1. The Kier molecular flexibility index (Phi) is 6.66. The lowest BCUT2D eigenvalue weighted by Gasteiger charge is -2.12. The van der Waals surface area contributed by atoms with Crippen molar-refractivity contribution in [1.29, 1.82) is 0 Å². The van der Waals surface area contributed by atoms with Gasteiger partial charge in [0.15, 0.2) is 5.17 Å². The number of hydrogen-bond donors (Lipinski definition) is 1. The average Bonchev–Trinajstić information content (AvgIpc) is 3.48. The first-order valence-electron chi connectivity index (χ1n) is 12.1. The molecule has 1 aliphatic heterocycles. The zero-order valence-corrected chi connectivity index (χ0v) is 22.8. The molecular formula is C28H29N3O3S2. The van der Waals surface area contributed by atoms with Crippen molar-refractivity contribution < 1.29 is 14.3 Å². The number of carbonyl (C=O) groups excluding carboxylic acids is 2. The molecule has 0 saturated carbocycles. The Bertz CT molecular complexity index is 1460. The maximum atomic E-state index is 12.8. The predicted octanol–water partition coefficient (Wildman–Crippen LogP) is 6.33. The van der Waals surface area contributed by atoms with Gasteiger partial charge >= 0.3 is 5.97 Å². The minimum atomic E-state index is -0.283. The summed E-state index contributed by atoms with van der Waals surface area (Å²) in [6.45, 7) is 8.13. The van der Waals surface area contributed by atoms with Crippen molar-refractivity contribution in [3.8, 4) is 5.00 Å². The van der Waals surface area contributed by atoms with Crippen molar-refractivity contribution in [3.05, 3.63) is 73.3 Å². The number of methoxy groups -OCH3 is 1. The summed E-state index contributed by atoms with van der Waals surface area (Å²) in [5, 5.41) is 4.38. The first kappa shape index (κ1) is 24.6. The average molecular weight is 520 g/mol. The van der Waals surface area contributed by atoms with Crippen LogP contribution in [-0.2, 0) is 22.4 Å². The van der Waals surface area contributed by atoms with E-state index in [0.717, 1.165) is 64.4 Å². The van der Waals surface area contributed by atoms with Crippen LogP contribution in [0.15, 0.2) is 34.2 Å². The van der Waals surface area contributed by atoms with Gasteiger partial charge in [0.25, 0.3) is 5.91 Å². The van der Waals surface area contributed by atoms with Crippen molar-refractivity contribution >= 4 is 51.9 Å². The highest BCUT2D eigenvalue weighted by atomic mass is 32.2. The molecule has 0 atom stereocenters. The van der Waals surface area contributed by atoms with Crippen LogP contribution < -0.4 is 5.32 Å². The summed E-state index contributed by atoms with van der Waals surface area (Å²) in [6, 6.07) is 8.14. The summed E-state index contributed by atoms with van der Waals surface area (Å²) in [7, 11) is 1.44. The molecule has 1 aliphatic carbocycles. The van der Waals surface area contributed by atoms with Gasteiger partial charge in [-0.1, -0.05) is 17.7 Å². The van der Waals surface area contributed by atoms with Gasteiger partial charge in [0.1, 0.15) is 5.00 Å². The van der Waals surface area contributed by atoms with Gasteiger partial charge in [-0.15, -0.1) is 11.3 Å². The highest BCUT2D eigenvalue weighted by Gasteiger charge is 2.29. The zero-order valence-electron chi connectivity index (χ0n) is 21.2. The van der Waals surface area contributed by atoms with Crippen molar-refractivity contribution in [2.75, 3.05) is 7.11 Å². The van der Waals surface area contributed by atoms with E-state index in [1.807, 2.05) is 45.9 Å². The highest BCUT2D eigenvalue weighted by Crippen LogP contribution is 2.40. The number of thioether (sulfide) groups is 1. The van der Waals surface area contributed by atoms with Crippen molar-refractivity contribution in [2.45, 2.75) is 53.4 Å². The molecular weight excluding hydrogens is 490 g/mol. The molecule has 0 unspecified atom stereocenters. The Morgan fingerprint density at radius 2 is 1.92 bits per heavy atom. The molecule has 0 spiro atoms. The topological polar surface area (TPSA) is 72.7 Å². The second kappa shape index (κ2) is 9.75. The maximum Gasteiger partial charge on any atom is 0.341 e. The Balaban J connectivity index is 1.51. The normalized spacial score (nSPS) is 17.5.